The van der Waals surface area contributed by atoms with E-state index in [0.29, 0.717) is 19.6 Å². The molecule has 25 heavy (non-hydrogen) atoms. The van der Waals surface area contributed by atoms with Crippen LogP contribution in [0.25, 0.3) is 0 Å². The Kier molecular flexibility index (Phi) is 5.91. The standard InChI is InChI=1S/C21H32N2O2/c1-7-23(18-13-15(2)12-16(3)14-18)19(24)17-8-10-22(11-9-17)20(25)21(4,5)6/h12-14,17H,7-11H2,1-6H3. The molecule has 4 heteroatoms. The van der Waals surface area contributed by atoms with Crippen LogP contribution in [0.2, 0.25) is 0 Å². The largest absolute Gasteiger partial charge is 0.342 e. The van der Waals surface area contributed by atoms with Gasteiger partial charge in [0.1, 0.15) is 0 Å². The summed E-state index contributed by atoms with van der Waals surface area (Å²) in [6.45, 7) is 14.0. The van der Waals surface area contributed by atoms with E-state index in [2.05, 4.69) is 32.0 Å². The van der Waals surface area contributed by atoms with Crippen LogP contribution in [0, 0.1) is 25.2 Å². The number of hydrogen-bond acceptors (Lipinski definition) is 2. The van der Waals surface area contributed by atoms with Crippen molar-refractivity contribution in [2.45, 2.75) is 54.4 Å². The molecule has 1 aliphatic heterocycles. The van der Waals surface area contributed by atoms with Crippen LogP contribution in [0.3, 0.4) is 0 Å². The third-order valence-corrected chi connectivity index (χ3v) is 4.87. The molecule has 138 valence electrons. The number of likely N-dealkylation sites (tertiary alicyclic amines) is 1. The molecule has 0 atom stereocenters. The van der Waals surface area contributed by atoms with Crippen LogP contribution < -0.4 is 4.90 Å². The quantitative estimate of drug-likeness (QED) is 0.833. The van der Waals surface area contributed by atoms with Crippen molar-refractivity contribution < 1.29 is 9.59 Å². The molecule has 1 saturated heterocycles. The Morgan fingerprint density at radius 1 is 1.08 bits per heavy atom. The van der Waals surface area contributed by atoms with E-state index < -0.39 is 0 Å². The smallest absolute Gasteiger partial charge is 0.230 e. The average Bonchev–Trinajstić information content (AvgIpc) is 2.53. The zero-order valence-corrected chi connectivity index (χ0v) is 16.6. The molecule has 1 heterocycles. The molecule has 4 nitrogen and oxygen atoms in total. The summed E-state index contributed by atoms with van der Waals surface area (Å²) < 4.78 is 0. The first-order valence-electron chi connectivity index (χ1n) is 9.32. The van der Waals surface area contributed by atoms with E-state index in [0.717, 1.165) is 18.5 Å². The minimum absolute atomic E-state index is 0.00443. The fraction of sp³-hybridized carbons (Fsp3) is 0.619. The summed E-state index contributed by atoms with van der Waals surface area (Å²) in [7, 11) is 0. The van der Waals surface area contributed by atoms with E-state index >= 15 is 0 Å². The van der Waals surface area contributed by atoms with Crippen molar-refractivity contribution in [1.82, 2.24) is 4.90 Å². The van der Waals surface area contributed by atoms with Gasteiger partial charge >= 0.3 is 0 Å². The van der Waals surface area contributed by atoms with Crippen molar-refractivity contribution in [3.63, 3.8) is 0 Å². The summed E-state index contributed by atoms with van der Waals surface area (Å²) in [6, 6.07) is 6.28. The van der Waals surface area contributed by atoms with Crippen molar-refractivity contribution in [1.29, 1.82) is 0 Å². The predicted molar refractivity (Wildman–Crippen MR) is 103 cm³/mol. The minimum Gasteiger partial charge on any atom is -0.342 e. The van der Waals surface area contributed by atoms with Gasteiger partial charge in [-0.2, -0.15) is 0 Å². The van der Waals surface area contributed by atoms with Crippen molar-refractivity contribution in [2.24, 2.45) is 11.3 Å². The third kappa shape index (κ3) is 4.62. The number of nitrogens with zero attached hydrogens (tertiary/aromatic N) is 2. The molecule has 0 unspecified atom stereocenters. The number of carbonyl (C=O) groups excluding carboxylic acids is 2. The highest BCUT2D eigenvalue weighted by atomic mass is 16.2. The Hall–Kier alpha value is -1.84. The van der Waals surface area contributed by atoms with Gasteiger partial charge in [0.25, 0.3) is 0 Å². The van der Waals surface area contributed by atoms with Crippen molar-refractivity contribution >= 4 is 17.5 Å². The Morgan fingerprint density at radius 3 is 2.04 bits per heavy atom. The lowest BCUT2D eigenvalue weighted by atomic mass is 9.90. The van der Waals surface area contributed by atoms with E-state index in [1.165, 1.54) is 11.1 Å². The molecule has 2 amide bonds. The summed E-state index contributed by atoms with van der Waals surface area (Å²) in [5.74, 6) is 0.375. The second kappa shape index (κ2) is 7.59. The molecule has 2 rings (SSSR count). The van der Waals surface area contributed by atoms with E-state index in [4.69, 9.17) is 0 Å². The maximum absolute atomic E-state index is 13.0. The van der Waals surface area contributed by atoms with Crippen molar-refractivity contribution in [2.75, 3.05) is 24.5 Å². The maximum Gasteiger partial charge on any atom is 0.230 e. The molecule has 0 radical (unpaired) electrons. The van der Waals surface area contributed by atoms with Crippen LogP contribution in [0.15, 0.2) is 18.2 Å². The van der Waals surface area contributed by atoms with Crippen molar-refractivity contribution in [3.8, 4) is 0 Å². The first-order valence-corrected chi connectivity index (χ1v) is 9.32. The molecular formula is C21H32N2O2. The highest BCUT2D eigenvalue weighted by Crippen LogP contribution is 2.27. The number of amides is 2. The number of hydrogen-bond donors (Lipinski definition) is 0. The molecule has 0 bridgehead atoms. The minimum atomic E-state index is -0.356. The Morgan fingerprint density at radius 2 is 1.60 bits per heavy atom. The first kappa shape index (κ1) is 19.5. The van der Waals surface area contributed by atoms with Gasteiger partial charge in [-0.3, -0.25) is 9.59 Å². The van der Waals surface area contributed by atoms with Gasteiger partial charge in [-0.25, -0.2) is 0 Å². The molecule has 0 aliphatic carbocycles. The van der Waals surface area contributed by atoms with Gasteiger partial charge in [0.15, 0.2) is 0 Å². The Balaban J connectivity index is 2.06. The SMILES string of the molecule is CCN(C(=O)C1CCN(C(=O)C(C)(C)C)CC1)c1cc(C)cc(C)c1. The number of aryl methyl sites for hydroxylation is 2. The van der Waals surface area contributed by atoms with E-state index in [-0.39, 0.29) is 23.1 Å². The molecule has 0 N–H and O–H groups in total. The summed E-state index contributed by atoms with van der Waals surface area (Å²) in [6.07, 6.45) is 1.50. The molecule has 1 aromatic rings. The number of rotatable bonds is 3. The first-order chi connectivity index (χ1) is 11.6. The van der Waals surface area contributed by atoms with Gasteiger partial charge in [-0.1, -0.05) is 26.8 Å². The lowest BCUT2D eigenvalue weighted by molar-refractivity contribution is -0.142. The average molecular weight is 344 g/mol. The normalized spacial score (nSPS) is 16.0. The molecular weight excluding hydrogens is 312 g/mol. The summed E-state index contributed by atoms with van der Waals surface area (Å²) in [5, 5.41) is 0. The second-order valence-electron chi connectivity index (χ2n) is 8.24. The predicted octanol–water partition coefficient (Wildman–Crippen LogP) is 3.94. The highest BCUT2D eigenvalue weighted by molar-refractivity contribution is 5.95. The Bertz CT molecular complexity index is 618. The number of anilines is 1. The van der Waals surface area contributed by atoms with E-state index in [1.807, 2.05) is 37.5 Å². The fourth-order valence-electron chi connectivity index (χ4n) is 3.60. The van der Waals surface area contributed by atoms with Crippen LogP contribution in [0.4, 0.5) is 5.69 Å². The van der Waals surface area contributed by atoms with Crippen LogP contribution in [-0.4, -0.2) is 36.3 Å². The topological polar surface area (TPSA) is 40.6 Å². The molecule has 0 spiro atoms. The van der Waals surface area contributed by atoms with Gasteiger partial charge in [0.05, 0.1) is 0 Å². The van der Waals surface area contributed by atoms with Crippen LogP contribution in [-0.2, 0) is 9.59 Å². The lowest BCUT2D eigenvalue weighted by Gasteiger charge is -2.36. The molecule has 1 fully saturated rings. The summed E-state index contributed by atoms with van der Waals surface area (Å²) >= 11 is 0. The molecule has 1 aliphatic rings. The number of piperidine rings is 1. The lowest BCUT2D eigenvalue weighted by Crippen LogP contribution is -2.47. The summed E-state index contributed by atoms with van der Waals surface area (Å²) in [4.78, 5) is 29.3. The number of carbonyl (C=O) groups is 2. The van der Waals surface area contributed by atoms with Gasteiger partial charge in [-0.15, -0.1) is 0 Å². The van der Waals surface area contributed by atoms with Crippen LogP contribution in [0.1, 0.15) is 51.7 Å². The highest BCUT2D eigenvalue weighted by Gasteiger charge is 2.33. The van der Waals surface area contributed by atoms with Crippen LogP contribution in [0.5, 0.6) is 0 Å². The zero-order chi connectivity index (χ0) is 18.8. The third-order valence-electron chi connectivity index (χ3n) is 4.87. The molecule has 0 aromatic heterocycles. The molecule has 0 saturated carbocycles. The summed E-state index contributed by atoms with van der Waals surface area (Å²) in [5.41, 5.74) is 2.97. The van der Waals surface area contributed by atoms with E-state index in [9.17, 15) is 9.59 Å². The van der Waals surface area contributed by atoms with Gasteiger partial charge in [0.2, 0.25) is 11.8 Å². The zero-order valence-electron chi connectivity index (χ0n) is 16.6. The van der Waals surface area contributed by atoms with Crippen LogP contribution >= 0.6 is 0 Å². The van der Waals surface area contributed by atoms with Gasteiger partial charge in [0, 0.05) is 36.7 Å². The Labute approximate surface area is 152 Å². The van der Waals surface area contributed by atoms with Gasteiger partial charge in [-0.05, 0) is 56.9 Å². The molecule has 1 aromatic carbocycles. The van der Waals surface area contributed by atoms with E-state index in [1.54, 1.807) is 0 Å². The second-order valence-corrected chi connectivity index (χ2v) is 8.24. The maximum atomic E-state index is 13.0. The van der Waals surface area contributed by atoms with Crippen molar-refractivity contribution in [3.05, 3.63) is 29.3 Å². The monoisotopic (exact) mass is 344 g/mol. The van der Waals surface area contributed by atoms with Gasteiger partial charge < -0.3 is 9.80 Å². The number of benzene rings is 1. The fourth-order valence-corrected chi connectivity index (χ4v) is 3.60.